The van der Waals surface area contributed by atoms with E-state index < -0.39 is 0 Å². The molecule has 0 aliphatic carbocycles. The first kappa shape index (κ1) is 16.6. The van der Waals surface area contributed by atoms with E-state index in [0.717, 1.165) is 37.3 Å². The van der Waals surface area contributed by atoms with E-state index >= 15 is 0 Å². The zero-order chi connectivity index (χ0) is 17.9. The highest BCUT2D eigenvalue weighted by Gasteiger charge is 2.21. The summed E-state index contributed by atoms with van der Waals surface area (Å²) < 4.78 is 13.2. The third-order valence-corrected chi connectivity index (χ3v) is 4.28. The van der Waals surface area contributed by atoms with Crippen LogP contribution in [0.3, 0.4) is 0 Å². The van der Waals surface area contributed by atoms with Crippen LogP contribution in [0.2, 0.25) is 0 Å². The number of imidazole rings is 1. The standard InChI is InChI=1S/C18H21N5O3/c1-2-25-13-7-5-6-12(10-13)20-16-15-17(22-18(24)21-16)23(11-19-15)14-8-3-4-9-26-14/h5-7,10-11,14H,2-4,8-9H2,1H3,(H2,20,21,22,24). The van der Waals surface area contributed by atoms with Crippen LogP contribution >= 0.6 is 0 Å². The van der Waals surface area contributed by atoms with Crippen LogP contribution in [0.1, 0.15) is 32.4 Å². The van der Waals surface area contributed by atoms with Gasteiger partial charge in [-0.2, -0.15) is 9.97 Å². The summed E-state index contributed by atoms with van der Waals surface area (Å²) in [5.41, 5.74) is 1.92. The first-order valence-electron chi connectivity index (χ1n) is 8.79. The Morgan fingerprint density at radius 3 is 3.08 bits per heavy atom. The monoisotopic (exact) mass is 355 g/mol. The van der Waals surface area contributed by atoms with Gasteiger partial charge in [0.2, 0.25) is 0 Å². The van der Waals surface area contributed by atoms with Gasteiger partial charge in [0.25, 0.3) is 0 Å². The molecule has 1 saturated heterocycles. The van der Waals surface area contributed by atoms with Crippen LogP contribution in [0, 0.1) is 0 Å². The molecule has 8 heteroatoms. The molecule has 136 valence electrons. The van der Waals surface area contributed by atoms with Crippen molar-refractivity contribution >= 4 is 22.7 Å². The molecule has 1 unspecified atom stereocenters. The fourth-order valence-electron chi connectivity index (χ4n) is 3.11. The third kappa shape index (κ3) is 3.28. The topological polar surface area (TPSA) is 94.3 Å². The van der Waals surface area contributed by atoms with Crippen molar-refractivity contribution in [2.45, 2.75) is 32.4 Å². The fraction of sp³-hybridized carbons (Fsp3) is 0.389. The molecule has 1 aliphatic rings. The summed E-state index contributed by atoms with van der Waals surface area (Å²) in [6.45, 7) is 3.25. The quantitative estimate of drug-likeness (QED) is 0.724. The molecule has 3 aromatic rings. The minimum Gasteiger partial charge on any atom is -0.494 e. The molecular weight excluding hydrogens is 334 g/mol. The molecule has 1 atom stereocenters. The molecule has 1 aliphatic heterocycles. The predicted octanol–water partition coefficient (Wildman–Crippen LogP) is 3.37. The Hall–Kier alpha value is -2.87. The van der Waals surface area contributed by atoms with E-state index in [1.165, 1.54) is 0 Å². The third-order valence-electron chi connectivity index (χ3n) is 4.28. The van der Waals surface area contributed by atoms with Crippen LogP contribution in [0.4, 0.5) is 11.5 Å². The maximum absolute atomic E-state index is 10.0. The van der Waals surface area contributed by atoms with E-state index in [-0.39, 0.29) is 12.2 Å². The molecular formula is C18H21N5O3. The van der Waals surface area contributed by atoms with E-state index in [1.54, 1.807) is 6.33 Å². The van der Waals surface area contributed by atoms with Crippen molar-refractivity contribution in [3.05, 3.63) is 30.6 Å². The Kier molecular flexibility index (Phi) is 4.57. The summed E-state index contributed by atoms with van der Waals surface area (Å²) in [7, 11) is 0. The van der Waals surface area contributed by atoms with Gasteiger partial charge in [0.15, 0.2) is 17.0 Å². The summed E-state index contributed by atoms with van der Waals surface area (Å²) in [5, 5.41) is 13.2. The van der Waals surface area contributed by atoms with E-state index in [0.29, 0.717) is 23.6 Å². The maximum atomic E-state index is 10.0. The Morgan fingerprint density at radius 2 is 2.27 bits per heavy atom. The Balaban J connectivity index is 1.69. The minimum atomic E-state index is -0.307. The summed E-state index contributed by atoms with van der Waals surface area (Å²) >= 11 is 0. The Morgan fingerprint density at radius 1 is 1.35 bits per heavy atom. The summed E-state index contributed by atoms with van der Waals surface area (Å²) in [6, 6.07) is 7.24. The zero-order valence-electron chi connectivity index (χ0n) is 14.6. The summed E-state index contributed by atoms with van der Waals surface area (Å²) in [6.07, 6.45) is 4.63. The first-order valence-corrected chi connectivity index (χ1v) is 8.79. The summed E-state index contributed by atoms with van der Waals surface area (Å²) in [5.74, 6) is 1.20. The molecule has 2 N–H and O–H groups in total. The molecule has 1 aromatic carbocycles. The highest BCUT2D eigenvalue weighted by molar-refractivity contribution is 5.85. The number of fused-ring (bicyclic) bond motifs is 1. The molecule has 1 fully saturated rings. The SMILES string of the molecule is CCOc1cccc(Nc2nc(O)nc3c2ncn3C2CCCCO2)c1. The molecule has 3 heterocycles. The van der Waals surface area contributed by atoms with Crippen LogP contribution in [-0.2, 0) is 4.74 Å². The number of aromatic nitrogens is 4. The lowest BCUT2D eigenvalue weighted by molar-refractivity contribution is -0.0298. The lowest BCUT2D eigenvalue weighted by atomic mass is 10.2. The van der Waals surface area contributed by atoms with Crippen molar-refractivity contribution < 1.29 is 14.6 Å². The number of nitrogens with one attached hydrogen (secondary N) is 1. The molecule has 0 amide bonds. The number of hydrogen-bond donors (Lipinski definition) is 2. The number of rotatable bonds is 5. The van der Waals surface area contributed by atoms with E-state index in [2.05, 4.69) is 20.3 Å². The van der Waals surface area contributed by atoms with Crippen molar-refractivity contribution in [1.29, 1.82) is 0 Å². The van der Waals surface area contributed by atoms with Gasteiger partial charge < -0.3 is 19.9 Å². The average Bonchev–Trinajstić information content (AvgIpc) is 3.07. The van der Waals surface area contributed by atoms with Gasteiger partial charge in [-0.05, 0) is 38.3 Å². The lowest BCUT2D eigenvalue weighted by Crippen LogP contribution is -2.17. The van der Waals surface area contributed by atoms with Gasteiger partial charge in [-0.3, -0.25) is 4.57 Å². The number of nitrogens with zero attached hydrogens (tertiary/aromatic N) is 4. The molecule has 0 spiro atoms. The molecule has 0 radical (unpaired) electrons. The Labute approximate surface area is 150 Å². The van der Waals surface area contributed by atoms with Gasteiger partial charge in [0.05, 0.1) is 12.9 Å². The van der Waals surface area contributed by atoms with Crippen LogP contribution in [0.15, 0.2) is 30.6 Å². The van der Waals surface area contributed by atoms with Crippen molar-refractivity contribution in [2.75, 3.05) is 18.5 Å². The lowest BCUT2D eigenvalue weighted by Gasteiger charge is -2.23. The zero-order valence-corrected chi connectivity index (χ0v) is 14.6. The molecule has 2 aromatic heterocycles. The van der Waals surface area contributed by atoms with Crippen LogP contribution in [-0.4, -0.2) is 37.8 Å². The number of aromatic hydroxyl groups is 1. The Bertz CT molecular complexity index is 905. The van der Waals surface area contributed by atoms with Crippen LogP contribution < -0.4 is 10.1 Å². The van der Waals surface area contributed by atoms with E-state index in [1.807, 2.05) is 35.8 Å². The molecule has 0 bridgehead atoms. The molecule has 8 nitrogen and oxygen atoms in total. The van der Waals surface area contributed by atoms with Gasteiger partial charge in [0, 0.05) is 18.4 Å². The number of benzene rings is 1. The summed E-state index contributed by atoms with van der Waals surface area (Å²) in [4.78, 5) is 12.7. The van der Waals surface area contributed by atoms with Gasteiger partial charge in [-0.1, -0.05) is 6.07 Å². The van der Waals surface area contributed by atoms with Gasteiger partial charge >= 0.3 is 6.01 Å². The highest BCUT2D eigenvalue weighted by atomic mass is 16.5. The smallest absolute Gasteiger partial charge is 0.318 e. The molecule has 4 rings (SSSR count). The second-order valence-corrected chi connectivity index (χ2v) is 6.10. The highest BCUT2D eigenvalue weighted by Crippen LogP contribution is 2.30. The maximum Gasteiger partial charge on any atom is 0.318 e. The second kappa shape index (κ2) is 7.17. The minimum absolute atomic E-state index is 0.114. The number of hydrogen-bond acceptors (Lipinski definition) is 7. The van der Waals surface area contributed by atoms with Crippen molar-refractivity contribution in [1.82, 2.24) is 19.5 Å². The fourth-order valence-corrected chi connectivity index (χ4v) is 3.11. The average molecular weight is 355 g/mol. The van der Waals surface area contributed by atoms with Gasteiger partial charge in [0.1, 0.15) is 12.0 Å². The van der Waals surface area contributed by atoms with Crippen molar-refractivity contribution in [3.63, 3.8) is 0 Å². The second-order valence-electron chi connectivity index (χ2n) is 6.10. The van der Waals surface area contributed by atoms with E-state index in [9.17, 15) is 5.11 Å². The van der Waals surface area contributed by atoms with E-state index in [4.69, 9.17) is 9.47 Å². The largest absolute Gasteiger partial charge is 0.494 e. The first-order chi connectivity index (χ1) is 12.7. The van der Waals surface area contributed by atoms with Crippen LogP contribution in [0.25, 0.3) is 11.2 Å². The normalized spacial score (nSPS) is 17.3. The number of anilines is 2. The molecule has 0 saturated carbocycles. The van der Waals surface area contributed by atoms with Crippen molar-refractivity contribution in [2.24, 2.45) is 0 Å². The number of ether oxygens (including phenoxy) is 2. The van der Waals surface area contributed by atoms with Gasteiger partial charge in [-0.25, -0.2) is 4.98 Å². The van der Waals surface area contributed by atoms with Crippen molar-refractivity contribution in [3.8, 4) is 11.8 Å². The predicted molar refractivity (Wildman–Crippen MR) is 96.7 cm³/mol. The molecule has 26 heavy (non-hydrogen) atoms. The van der Waals surface area contributed by atoms with Crippen LogP contribution in [0.5, 0.6) is 11.8 Å². The van der Waals surface area contributed by atoms with Gasteiger partial charge in [-0.15, -0.1) is 0 Å².